The summed E-state index contributed by atoms with van der Waals surface area (Å²) < 4.78 is 2.32. The van der Waals surface area contributed by atoms with Crippen molar-refractivity contribution in [2.45, 2.75) is 46.2 Å². The molecule has 0 saturated heterocycles. The summed E-state index contributed by atoms with van der Waals surface area (Å²) in [6.07, 6.45) is 3.33. The molecule has 0 aliphatic rings. The maximum absolute atomic E-state index is 3.57. The van der Waals surface area contributed by atoms with Gasteiger partial charge in [0.2, 0.25) is 0 Å². The summed E-state index contributed by atoms with van der Waals surface area (Å²) in [5, 5.41) is 3.57. The first-order valence-corrected chi connectivity index (χ1v) is 7.19. The number of aromatic nitrogens is 1. The van der Waals surface area contributed by atoms with E-state index in [-0.39, 0.29) is 0 Å². The fourth-order valence-corrected chi connectivity index (χ4v) is 2.42. The van der Waals surface area contributed by atoms with Crippen molar-refractivity contribution in [3.8, 4) is 0 Å². The van der Waals surface area contributed by atoms with Crippen LogP contribution in [0.3, 0.4) is 0 Å². The third kappa shape index (κ3) is 3.40. The third-order valence-corrected chi connectivity index (χ3v) is 3.43. The van der Waals surface area contributed by atoms with Gasteiger partial charge >= 0.3 is 0 Å². The fourth-order valence-electron chi connectivity index (χ4n) is 2.42. The van der Waals surface area contributed by atoms with E-state index in [1.165, 1.54) is 23.4 Å². The first-order valence-electron chi connectivity index (χ1n) is 7.19. The predicted molar refractivity (Wildman–Crippen MR) is 82.6 cm³/mol. The Bertz CT molecular complexity index is 511. The number of hydrogen-bond acceptors (Lipinski definition) is 1. The molecule has 0 aliphatic carbocycles. The lowest BCUT2D eigenvalue weighted by molar-refractivity contribution is 0.654. The highest BCUT2D eigenvalue weighted by Gasteiger charge is 2.06. The molecule has 0 radical (unpaired) electrons. The van der Waals surface area contributed by atoms with Gasteiger partial charge in [-0.2, -0.15) is 0 Å². The monoisotopic (exact) mass is 256 g/mol. The van der Waals surface area contributed by atoms with Gasteiger partial charge < -0.3 is 9.88 Å². The molecule has 0 atom stereocenters. The minimum atomic E-state index is 0.547. The minimum absolute atomic E-state index is 0.547. The van der Waals surface area contributed by atoms with E-state index in [1.807, 2.05) is 0 Å². The molecule has 1 heterocycles. The number of para-hydroxylation sites is 1. The normalized spacial score (nSPS) is 10.9. The minimum Gasteiger partial charge on any atom is -0.379 e. The zero-order valence-electron chi connectivity index (χ0n) is 12.2. The molecule has 2 aromatic rings. The second-order valence-corrected chi connectivity index (χ2v) is 5.29. The van der Waals surface area contributed by atoms with Crippen LogP contribution in [0.1, 0.15) is 44.4 Å². The summed E-state index contributed by atoms with van der Waals surface area (Å²) in [5.74, 6) is 0.547. The summed E-state index contributed by atoms with van der Waals surface area (Å²) in [6, 6.07) is 12.9. The maximum atomic E-state index is 3.57. The maximum Gasteiger partial charge on any atom is 0.0553 e. The van der Waals surface area contributed by atoms with Gasteiger partial charge in [-0.15, -0.1) is 0 Å². The Kier molecular flexibility index (Phi) is 4.67. The van der Waals surface area contributed by atoms with Crippen molar-refractivity contribution in [2.24, 2.45) is 0 Å². The molecule has 0 spiro atoms. The Balaban J connectivity index is 2.08. The highest BCUT2D eigenvalue weighted by Crippen LogP contribution is 2.24. The van der Waals surface area contributed by atoms with Crippen molar-refractivity contribution in [2.75, 3.05) is 5.32 Å². The standard InChI is InChI=1S/C17H24N2/c1-4-11-19-12-7-8-15(19)13-18-17-10-6-5-9-16(17)14(2)3/h5-10,12,14,18H,4,11,13H2,1-3H3. The van der Waals surface area contributed by atoms with Crippen molar-refractivity contribution >= 4 is 5.69 Å². The largest absolute Gasteiger partial charge is 0.379 e. The Morgan fingerprint density at radius 2 is 1.89 bits per heavy atom. The van der Waals surface area contributed by atoms with Crippen LogP contribution in [0.5, 0.6) is 0 Å². The van der Waals surface area contributed by atoms with Gasteiger partial charge in [-0.3, -0.25) is 0 Å². The van der Waals surface area contributed by atoms with Gasteiger partial charge in [0, 0.05) is 24.1 Å². The van der Waals surface area contributed by atoms with Crippen LogP contribution in [-0.2, 0) is 13.1 Å². The molecule has 0 fully saturated rings. The van der Waals surface area contributed by atoms with Gasteiger partial charge in [0.1, 0.15) is 0 Å². The summed E-state index contributed by atoms with van der Waals surface area (Å²) in [6.45, 7) is 8.67. The predicted octanol–water partition coefficient (Wildman–Crippen LogP) is 4.63. The van der Waals surface area contributed by atoms with E-state index in [0.717, 1.165) is 13.1 Å². The molecule has 0 aliphatic heterocycles. The third-order valence-electron chi connectivity index (χ3n) is 3.43. The number of nitrogens with one attached hydrogen (secondary N) is 1. The number of hydrogen-bond donors (Lipinski definition) is 1. The lowest BCUT2D eigenvalue weighted by Crippen LogP contribution is -2.08. The van der Waals surface area contributed by atoms with Crippen LogP contribution in [0.4, 0.5) is 5.69 Å². The van der Waals surface area contributed by atoms with Crippen molar-refractivity contribution in [1.82, 2.24) is 4.57 Å². The van der Waals surface area contributed by atoms with Gasteiger partial charge in [-0.25, -0.2) is 0 Å². The first kappa shape index (κ1) is 13.7. The van der Waals surface area contributed by atoms with E-state index >= 15 is 0 Å². The van der Waals surface area contributed by atoms with E-state index in [1.54, 1.807) is 0 Å². The van der Waals surface area contributed by atoms with Crippen molar-refractivity contribution < 1.29 is 0 Å². The first-order chi connectivity index (χ1) is 9.22. The molecule has 2 rings (SSSR count). The van der Waals surface area contributed by atoms with Gasteiger partial charge in [0.15, 0.2) is 0 Å². The van der Waals surface area contributed by atoms with Gasteiger partial charge in [-0.1, -0.05) is 39.0 Å². The quantitative estimate of drug-likeness (QED) is 0.797. The van der Waals surface area contributed by atoms with Crippen LogP contribution in [0.25, 0.3) is 0 Å². The average Bonchev–Trinajstić information content (AvgIpc) is 2.84. The van der Waals surface area contributed by atoms with E-state index in [2.05, 4.69) is 73.3 Å². The number of benzene rings is 1. The van der Waals surface area contributed by atoms with Crippen LogP contribution < -0.4 is 5.32 Å². The zero-order valence-corrected chi connectivity index (χ0v) is 12.2. The van der Waals surface area contributed by atoms with Crippen LogP contribution >= 0.6 is 0 Å². The molecule has 0 bridgehead atoms. The molecule has 1 aromatic heterocycles. The van der Waals surface area contributed by atoms with E-state index < -0.39 is 0 Å². The second kappa shape index (κ2) is 6.46. The average molecular weight is 256 g/mol. The number of rotatable bonds is 6. The lowest BCUT2D eigenvalue weighted by atomic mass is 10.0. The number of aryl methyl sites for hydroxylation is 1. The van der Waals surface area contributed by atoms with E-state index in [4.69, 9.17) is 0 Å². The topological polar surface area (TPSA) is 17.0 Å². The molecule has 19 heavy (non-hydrogen) atoms. The second-order valence-electron chi connectivity index (χ2n) is 5.29. The summed E-state index contributed by atoms with van der Waals surface area (Å²) >= 11 is 0. The molecule has 2 nitrogen and oxygen atoms in total. The molecular formula is C17H24N2. The fraction of sp³-hybridized carbons (Fsp3) is 0.412. The molecular weight excluding hydrogens is 232 g/mol. The smallest absolute Gasteiger partial charge is 0.0553 e. The Morgan fingerprint density at radius 1 is 1.11 bits per heavy atom. The SMILES string of the molecule is CCCn1cccc1CNc1ccccc1C(C)C. The van der Waals surface area contributed by atoms with Crippen LogP contribution in [-0.4, -0.2) is 4.57 Å². The molecule has 1 aromatic carbocycles. The Hall–Kier alpha value is -1.70. The molecule has 0 unspecified atom stereocenters. The van der Waals surface area contributed by atoms with Gasteiger partial charge in [-0.05, 0) is 36.1 Å². The van der Waals surface area contributed by atoms with Gasteiger partial charge in [0.25, 0.3) is 0 Å². The highest BCUT2D eigenvalue weighted by molar-refractivity contribution is 5.52. The summed E-state index contributed by atoms with van der Waals surface area (Å²) in [7, 11) is 0. The molecule has 0 amide bonds. The summed E-state index contributed by atoms with van der Waals surface area (Å²) in [4.78, 5) is 0. The van der Waals surface area contributed by atoms with Crippen molar-refractivity contribution in [3.05, 3.63) is 53.9 Å². The van der Waals surface area contributed by atoms with Crippen molar-refractivity contribution in [1.29, 1.82) is 0 Å². The van der Waals surface area contributed by atoms with E-state index in [9.17, 15) is 0 Å². The molecule has 0 saturated carbocycles. The molecule has 2 heteroatoms. The molecule has 1 N–H and O–H groups in total. The van der Waals surface area contributed by atoms with Crippen molar-refractivity contribution in [3.63, 3.8) is 0 Å². The Labute approximate surface area is 116 Å². The van der Waals surface area contributed by atoms with Crippen LogP contribution in [0.15, 0.2) is 42.6 Å². The van der Waals surface area contributed by atoms with Crippen LogP contribution in [0.2, 0.25) is 0 Å². The number of nitrogens with zero attached hydrogens (tertiary/aromatic N) is 1. The number of anilines is 1. The van der Waals surface area contributed by atoms with E-state index in [0.29, 0.717) is 5.92 Å². The zero-order chi connectivity index (χ0) is 13.7. The summed E-state index contributed by atoms with van der Waals surface area (Å²) in [5.41, 5.74) is 3.98. The lowest BCUT2D eigenvalue weighted by Gasteiger charge is -2.15. The highest BCUT2D eigenvalue weighted by atomic mass is 15.0. The van der Waals surface area contributed by atoms with Crippen LogP contribution in [0, 0.1) is 0 Å². The van der Waals surface area contributed by atoms with Gasteiger partial charge in [0.05, 0.1) is 6.54 Å². The Morgan fingerprint density at radius 3 is 2.63 bits per heavy atom. The molecule has 102 valence electrons.